The smallest absolute Gasteiger partial charge is 0.0541 e. The predicted octanol–water partition coefficient (Wildman–Crippen LogP) is 3.13. The SMILES string of the molecule is COCCCC(O)CCC1CCCCC1. The molecule has 1 fully saturated rings. The van der Waals surface area contributed by atoms with Crippen LogP contribution in [-0.2, 0) is 4.74 Å². The third-order valence-electron chi connectivity index (χ3n) is 3.52. The Hall–Kier alpha value is -0.0800. The fraction of sp³-hybridized carbons (Fsp3) is 1.00. The summed E-state index contributed by atoms with van der Waals surface area (Å²) >= 11 is 0. The monoisotopic (exact) mass is 214 g/mol. The van der Waals surface area contributed by atoms with Gasteiger partial charge in [-0.05, 0) is 31.6 Å². The van der Waals surface area contributed by atoms with Gasteiger partial charge in [-0.25, -0.2) is 0 Å². The van der Waals surface area contributed by atoms with E-state index in [1.165, 1.54) is 38.5 Å². The molecule has 1 aliphatic rings. The fourth-order valence-electron chi connectivity index (χ4n) is 2.51. The maximum Gasteiger partial charge on any atom is 0.0541 e. The van der Waals surface area contributed by atoms with Crippen molar-refractivity contribution in [2.75, 3.05) is 13.7 Å². The quantitative estimate of drug-likeness (QED) is 0.660. The summed E-state index contributed by atoms with van der Waals surface area (Å²) < 4.78 is 4.98. The van der Waals surface area contributed by atoms with Crippen LogP contribution in [0.1, 0.15) is 57.8 Å². The molecule has 1 aliphatic carbocycles. The highest BCUT2D eigenvalue weighted by atomic mass is 16.5. The molecule has 1 saturated carbocycles. The molecule has 0 radical (unpaired) electrons. The van der Waals surface area contributed by atoms with Crippen molar-refractivity contribution < 1.29 is 9.84 Å². The third kappa shape index (κ3) is 6.16. The number of aliphatic hydroxyl groups is 1. The number of hydrogen-bond acceptors (Lipinski definition) is 2. The van der Waals surface area contributed by atoms with Gasteiger partial charge in [-0.15, -0.1) is 0 Å². The Morgan fingerprint density at radius 1 is 1.20 bits per heavy atom. The van der Waals surface area contributed by atoms with Gasteiger partial charge in [0.2, 0.25) is 0 Å². The molecule has 0 bridgehead atoms. The zero-order chi connectivity index (χ0) is 10.9. The van der Waals surface area contributed by atoms with E-state index in [1.54, 1.807) is 7.11 Å². The second-order valence-corrected chi connectivity index (χ2v) is 4.87. The van der Waals surface area contributed by atoms with Gasteiger partial charge in [0.1, 0.15) is 0 Å². The van der Waals surface area contributed by atoms with Crippen molar-refractivity contribution >= 4 is 0 Å². The number of aliphatic hydroxyl groups excluding tert-OH is 1. The van der Waals surface area contributed by atoms with E-state index >= 15 is 0 Å². The van der Waals surface area contributed by atoms with Gasteiger partial charge in [-0.2, -0.15) is 0 Å². The van der Waals surface area contributed by atoms with Crippen LogP contribution in [0.5, 0.6) is 0 Å². The molecule has 0 aliphatic heterocycles. The standard InChI is InChI=1S/C13H26O2/c1-15-11-5-8-13(14)10-9-12-6-3-2-4-7-12/h12-14H,2-11H2,1H3. The van der Waals surface area contributed by atoms with Crippen molar-refractivity contribution in [2.45, 2.75) is 63.9 Å². The summed E-state index contributed by atoms with van der Waals surface area (Å²) in [5, 5.41) is 9.75. The van der Waals surface area contributed by atoms with E-state index in [0.29, 0.717) is 0 Å². The third-order valence-corrected chi connectivity index (χ3v) is 3.52. The Morgan fingerprint density at radius 2 is 1.93 bits per heavy atom. The zero-order valence-corrected chi connectivity index (χ0v) is 10.1. The van der Waals surface area contributed by atoms with Gasteiger partial charge in [-0.1, -0.05) is 32.1 Å². The van der Waals surface area contributed by atoms with Gasteiger partial charge < -0.3 is 9.84 Å². The highest BCUT2D eigenvalue weighted by molar-refractivity contribution is 4.68. The lowest BCUT2D eigenvalue weighted by Crippen LogP contribution is -2.12. The average molecular weight is 214 g/mol. The van der Waals surface area contributed by atoms with Crippen molar-refractivity contribution in [1.82, 2.24) is 0 Å². The first-order valence-corrected chi connectivity index (χ1v) is 6.50. The van der Waals surface area contributed by atoms with Crippen LogP contribution in [0.4, 0.5) is 0 Å². The summed E-state index contributed by atoms with van der Waals surface area (Å²) in [5.41, 5.74) is 0. The van der Waals surface area contributed by atoms with E-state index in [2.05, 4.69) is 0 Å². The van der Waals surface area contributed by atoms with E-state index in [-0.39, 0.29) is 6.10 Å². The van der Waals surface area contributed by atoms with Crippen molar-refractivity contribution in [3.8, 4) is 0 Å². The van der Waals surface area contributed by atoms with Gasteiger partial charge >= 0.3 is 0 Å². The normalized spacial score (nSPS) is 20.4. The summed E-state index contributed by atoms with van der Waals surface area (Å²) in [6, 6.07) is 0. The second-order valence-electron chi connectivity index (χ2n) is 4.87. The Balaban J connectivity index is 1.97. The Labute approximate surface area is 94.0 Å². The molecule has 1 atom stereocenters. The van der Waals surface area contributed by atoms with E-state index in [4.69, 9.17) is 4.74 Å². The molecule has 0 aromatic rings. The van der Waals surface area contributed by atoms with Crippen molar-refractivity contribution in [1.29, 1.82) is 0 Å². The Kier molecular flexibility index (Phi) is 7.03. The van der Waals surface area contributed by atoms with Crippen LogP contribution < -0.4 is 0 Å². The maximum atomic E-state index is 9.75. The maximum absolute atomic E-state index is 9.75. The molecule has 0 spiro atoms. The van der Waals surface area contributed by atoms with E-state index in [9.17, 15) is 5.11 Å². The van der Waals surface area contributed by atoms with Crippen LogP contribution in [0.3, 0.4) is 0 Å². The number of ether oxygens (including phenoxy) is 1. The molecule has 2 nitrogen and oxygen atoms in total. The largest absolute Gasteiger partial charge is 0.393 e. The van der Waals surface area contributed by atoms with Crippen molar-refractivity contribution in [3.63, 3.8) is 0 Å². The molecule has 0 aromatic carbocycles. The molecule has 1 N–H and O–H groups in total. The highest BCUT2D eigenvalue weighted by Gasteiger charge is 2.14. The molecular weight excluding hydrogens is 188 g/mol. The summed E-state index contributed by atoms with van der Waals surface area (Å²) in [5.74, 6) is 0.899. The molecule has 15 heavy (non-hydrogen) atoms. The van der Waals surface area contributed by atoms with Crippen LogP contribution in [0.25, 0.3) is 0 Å². The first-order chi connectivity index (χ1) is 7.33. The second kappa shape index (κ2) is 8.12. The summed E-state index contributed by atoms with van der Waals surface area (Å²) in [6.07, 6.45) is 11.0. The predicted molar refractivity (Wildman–Crippen MR) is 62.9 cm³/mol. The molecule has 1 rings (SSSR count). The Morgan fingerprint density at radius 3 is 2.60 bits per heavy atom. The molecule has 0 heterocycles. The van der Waals surface area contributed by atoms with Crippen molar-refractivity contribution in [2.24, 2.45) is 5.92 Å². The minimum Gasteiger partial charge on any atom is -0.393 e. The number of rotatable bonds is 7. The molecule has 90 valence electrons. The van der Waals surface area contributed by atoms with E-state index in [1.807, 2.05) is 0 Å². The lowest BCUT2D eigenvalue weighted by molar-refractivity contribution is 0.119. The molecule has 2 heteroatoms. The molecular formula is C13H26O2. The summed E-state index contributed by atoms with van der Waals surface area (Å²) in [7, 11) is 1.72. The molecule has 0 saturated heterocycles. The van der Waals surface area contributed by atoms with Gasteiger partial charge in [0, 0.05) is 13.7 Å². The molecule has 0 amide bonds. The fourth-order valence-corrected chi connectivity index (χ4v) is 2.51. The van der Waals surface area contributed by atoms with Crippen LogP contribution in [0.15, 0.2) is 0 Å². The van der Waals surface area contributed by atoms with Crippen LogP contribution in [-0.4, -0.2) is 24.9 Å². The van der Waals surface area contributed by atoms with Crippen molar-refractivity contribution in [3.05, 3.63) is 0 Å². The van der Waals surface area contributed by atoms with Gasteiger partial charge in [-0.3, -0.25) is 0 Å². The Bertz CT molecular complexity index is 141. The molecule has 1 unspecified atom stereocenters. The molecule has 0 aromatic heterocycles. The number of methoxy groups -OCH3 is 1. The zero-order valence-electron chi connectivity index (χ0n) is 10.1. The lowest BCUT2D eigenvalue weighted by atomic mass is 9.85. The summed E-state index contributed by atoms with van der Waals surface area (Å²) in [4.78, 5) is 0. The van der Waals surface area contributed by atoms with Gasteiger partial charge in [0.25, 0.3) is 0 Å². The lowest BCUT2D eigenvalue weighted by Gasteiger charge is -2.22. The van der Waals surface area contributed by atoms with Crippen LogP contribution in [0, 0.1) is 5.92 Å². The van der Waals surface area contributed by atoms with Gasteiger partial charge in [0.15, 0.2) is 0 Å². The number of hydrogen-bond donors (Lipinski definition) is 1. The highest BCUT2D eigenvalue weighted by Crippen LogP contribution is 2.28. The van der Waals surface area contributed by atoms with Crippen LogP contribution >= 0.6 is 0 Å². The average Bonchev–Trinajstić information content (AvgIpc) is 2.28. The summed E-state index contributed by atoms with van der Waals surface area (Å²) in [6.45, 7) is 0.778. The minimum absolute atomic E-state index is 0.0953. The van der Waals surface area contributed by atoms with Gasteiger partial charge in [0.05, 0.1) is 6.10 Å². The minimum atomic E-state index is -0.0953. The van der Waals surface area contributed by atoms with E-state index in [0.717, 1.165) is 31.8 Å². The van der Waals surface area contributed by atoms with E-state index < -0.39 is 0 Å². The first-order valence-electron chi connectivity index (χ1n) is 6.50. The van der Waals surface area contributed by atoms with Crippen LogP contribution in [0.2, 0.25) is 0 Å². The topological polar surface area (TPSA) is 29.5 Å². The first kappa shape index (κ1) is 13.0.